The van der Waals surface area contributed by atoms with Gasteiger partial charge in [0.15, 0.2) is 0 Å². The molecule has 0 heterocycles. The minimum Gasteiger partial charge on any atom is -0.497 e. The van der Waals surface area contributed by atoms with Gasteiger partial charge in [-0.25, -0.2) is 8.42 Å². The summed E-state index contributed by atoms with van der Waals surface area (Å²) in [5.74, 6) is 0.770. The highest BCUT2D eigenvalue weighted by Gasteiger charge is 2.28. The normalized spacial score (nSPS) is 12.0. The summed E-state index contributed by atoms with van der Waals surface area (Å²) >= 11 is 0. The fourth-order valence-electron chi connectivity index (χ4n) is 3.54. The Labute approximate surface area is 195 Å². The molecule has 0 bridgehead atoms. The molecule has 1 amide bonds. The predicted molar refractivity (Wildman–Crippen MR) is 128 cm³/mol. The number of rotatable bonds is 9. The monoisotopic (exact) mass is 468 g/mol. The molecule has 0 fully saturated rings. The van der Waals surface area contributed by atoms with Gasteiger partial charge in [-0.15, -0.1) is 0 Å². The van der Waals surface area contributed by atoms with E-state index in [0.717, 1.165) is 15.4 Å². The van der Waals surface area contributed by atoms with Crippen molar-refractivity contribution in [2.75, 3.05) is 25.1 Å². The number of amides is 1. The zero-order valence-electron chi connectivity index (χ0n) is 19.1. The molecule has 0 spiro atoms. The number of sulfonamides is 1. The van der Waals surface area contributed by atoms with E-state index in [1.54, 1.807) is 69.7 Å². The van der Waals surface area contributed by atoms with Crippen molar-refractivity contribution in [1.82, 2.24) is 5.32 Å². The number of para-hydroxylation sites is 1. The van der Waals surface area contributed by atoms with E-state index >= 15 is 0 Å². The summed E-state index contributed by atoms with van der Waals surface area (Å²) in [6.45, 7) is 3.24. The summed E-state index contributed by atoms with van der Waals surface area (Å²) in [6, 6.07) is 20.0. The van der Waals surface area contributed by atoms with Gasteiger partial charge in [-0.1, -0.05) is 36.4 Å². The van der Waals surface area contributed by atoms with E-state index in [2.05, 4.69) is 5.32 Å². The summed E-state index contributed by atoms with van der Waals surface area (Å²) in [5, 5.41) is 2.88. The van der Waals surface area contributed by atoms with Gasteiger partial charge >= 0.3 is 0 Å². The van der Waals surface area contributed by atoms with Crippen LogP contribution in [0.1, 0.15) is 24.1 Å². The second-order valence-electron chi connectivity index (χ2n) is 7.51. The molecule has 7 nitrogen and oxygen atoms in total. The molecular weight excluding hydrogens is 440 g/mol. The van der Waals surface area contributed by atoms with Crippen LogP contribution in [0.25, 0.3) is 0 Å². The maximum atomic E-state index is 13.5. The van der Waals surface area contributed by atoms with Gasteiger partial charge in [0.1, 0.15) is 18.0 Å². The third kappa shape index (κ3) is 5.46. The SMILES string of the molecule is COc1ccc(OC)c(C(C)NC(=O)CN(c2ccccc2C)S(=O)(=O)c2ccccc2)c1. The van der Waals surface area contributed by atoms with Crippen LogP contribution in [-0.4, -0.2) is 35.1 Å². The number of carbonyl (C=O) groups is 1. The molecule has 0 aromatic heterocycles. The Kier molecular flexibility index (Phi) is 7.60. The Balaban J connectivity index is 1.91. The van der Waals surface area contributed by atoms with Crippen LogP contribution in [0.15, 0.2) is 77.7 Å². The Hall–Kier alpha value is -3.52. The lowest BCUT2D eigenvalue weighted by molar-refractivity contribution is -0.120. The maximum absolute atomic E-state index is 13.5. The number of nitrogens with one attached hydrogen (secondary N) is 1. The highest BCUT2D eigenvalue weighted by molar-refractivity contribution is 7.92. The van der Waals surface area contributed by atoms with Gasteiger partial charge in [-0.3, -0.25) is 9.10 Å². The van der Waals surface area contributed by atoms with Crippen LogP contribution < -0.4 is 19.1 Å². The highest BCUT2D eigenvalue weighted by atomic mass is 32.2. The van der Waals surface area contributed by atoms with E-state index in [0.29, 0.717) is 17.2 Å². The van der Waals surface area contributed by atoms with Gasteiger partial charge < -0.3 is 14.8 Å². The molecule has 1 N–H and O–H groups in total. The Morgan fingerprint density at radius 2 is 1.64 bits per heavy atom. The number of carbonyl (C=O) groups excluding carboxylic acids is 1. The Morgan fingerprint density at radius 1 is 0.970 bits per heavy atom. The molecule has 0 aliphatic rings. The van der Waals surface area contributed by atoms with E-state index in [1.807, 2.05) is 19.1 Å². The van der Waals surface area contributed by atoms with Crippen molar-refractivity contribution in [1.29, 1.82) is 0 Å². The fraction of sp³-hybridized carbons (Fsp3) is 0.240. The molecule has 3 aromatic rings. The number of hydrogen-bond donors (Lipinski definition) is 1. The smallest absolute Gasteiger partial charge is 0.264 e. The lowest BCUT2D eigenvalue weighted by Gasteiger charge is -2.26. The van der Waals surface area contributed by atoms with Gasteiger partial charge in [0.05, 0.1) is 30.8 Å². The molecule has 3 rings (SSSR count). The summed E-state index contributed by atoms with van der Waals surface area (Å²) in [6.07, 6.45) is 0. The zero-order valence-corrected chi connectivity index (χ0v) is 19.9. The summed E-state index contributed by atoms with van der Waals surface area (Å²) in [5.41, 5.74) is 1.91. The summed E-state index contributed by atoms with van der Waals surface area (Å²) in [4.78, 5) is 13.2. The molecule has 8 heteroatoms. The zero-order chi connectivity index (χ0) is 24.0. The van der Waals surface area contributed by atoms with Crippen LogP contribution in [0.4, 0.5) is 5.69 Å². The van der Waals surface area contributed by atoms with Gasteiger partial charge in [0.25, 0.3) is 10.0 Å². The molecule has 0 aliphatic heterocycles. The summed E-state index contributed by atoms with van der Waals surface area (Å²) in [7, 11) is -0.861. The number of nitrogens with zero attached hydrogens (tertiary/aromatic N) is 1. The second-order valence-corrected chi connectivity index (χ2v) is 9.37. The fourth-order valence-corrected chi connectivity index (χ4v) is 5.04. The average Bonchev–Trinajstić information content (AvgIpc) is 2.83. The van der Waals surface area contributed by atoms with Crippen molar-refractivity contribution in [2.45, 2.75) is 24.8 Å². The van der Waals surface area contributed by atoms with Crippen LogP contribution in [-0.2, 0) is 14.8 Å². The first-order valence-electron chi connectivity index (χ1n) is 10.4. The number of benzene rings is 3. The number of ether oxygens (including phenoxy) is 2. The van der Waals surface area contributed by atoms with Crippen molar-refractivity contribution in [3.63, 3.8) is 0 Å². The number of anilines is 1. The quantitative estimate of drug-likeness (QED) is 0.511. The molecular formula is C25H28N2O5S. The Morgan fingerprint density at radius 3 is 2.27 bits per heavy atom. The standard InChI is InChI=1S/C25H28N2O5S/c1-18-10-8-9-13-23(18)27(33(29,30)21-11-6-5-7-12-21)17-25(28)26-19(2)22-16-20(31-3)14-15-24(22)32-4/h5-16,19H,17H2,1-4H3,(H,26,28). The van der Waals surface area contributed by atoms with E-state index in [9.17, 15) is 13.2 Å². The van der Waals surface area contributed by atoms with E-state index in [1.165, 1.54) is 12.1 Å². The first-order chi connectivity index (χ1) is 15.8. The molecule has 174 valence electrons. The van der Waals surface area contributed by atoms with Crippen LogP contribution in [0, 0.1) is 6.92 Å². The largest absolute Gasteiger partial charge is 0.497 e. The van der Waals surface area contributed by atoms with E-state index < -0.39 is 22.0 Å². The second kappa shape index (κ2) is 10.4. The maximum Gasteiger partial charge on any atom is 0.264 e. The van der Waals surface area contributed by atoms with E-state index in [-0.39, 0.29) is 11.4 Å². The van der Waals surface area contributed by atoms with Crippen LogP contribution >= 0.6 is 0 Å². The molecule has 0 aliphatic carbocycles. The van der Waals surface area contributed by atoms with Crippen LogP contribution in [0.5, 0.6) is 11.5 Å². The number of aryl methyl sites for hydroxylation is 1. The van der Waals surface area contributed by atoms with Crippen molar-refractivity contribution in [3.05, 3.63) is 83.9 Å². The summed E-state index contributed by atoms with van der Waals surface area (Å²) < 4.78 is 38.8. The molecule has 33 heavy (non-hydrogen) atoms. The number of hydrogen-bond acceptors (Lipinski definition) is 5. The first-order valence-corrected chi connectivity index (χ1v) is 11.9. The van der Waals surface area contributed by atoms with Crippen molar-refractivity contribution in [3.8, 4) is 11.5 Å². The topological polar surface area (TPSA) is 84.9 Å². The van der Waals surface area contributed by atoms with Gasteiger partial charge in [0.2, 0.25) is 5.91 Å². The van der Waals surface area contributed by atoms with Crippen LogP contribution in [0.3, 0.4) is 0 Å². The molecule has 3 aromatic carbocycles. The molecule has 0 radical (unpaired) electrons. The van der Waals surface area contributed by atoms with Crippen molar-refractivity contribution in [2.24, 2.45) is 0 Å². The lowest BCUT2D eigenvalue weighted by atomic mass is 10.1. The lowest BCUT2D eigenvalue weighted by Crippen LogP contribution is -2.42. The van der Waals surface area contributed by atoms with Crippen molar-refractivity contribution < 1.29 is 22.7 Å². The average molecular weight is 469 g/mol. The number of methoxy groups -OCH3 is 2. The van der Waals surface area contributed by atoms with Gasteiger partial charge in [0, 0.05) is 5.56 Å². The molecule has 0 saturated carbocycles. The molecule has 0 saturated heterocycles. The minimum atomic E-state index is -3.97. The highest BCUT2D eigenvalue weighted by Crippen LogP contribution is 2.30. The molecule has 1 unspecified atom stereocenters. The van der Waals surface area contributed by atoms with E-state index in [4.69, 9.17) is 9.47 Å². The first kappa shape index (κ1) is 24.1. The van der Waals surface area contributed by atoms with Crippen LogP contribution in [0.2, 0.25) is 0 Å². The third-order valence-corrected chi connectivity index (χ3v) is 7.06. The van der Waals surface area contributed by atoms with Gasteiger partial charge in [-0.05, 0) is 55.8 Å². The molecule has 1 atom stereocenters. The third-order valence-electron chi connectivity index (χ3n) is 5.28. The van der Waals surface area contributed by atoms with Crippen molar-refractivity contribution >= 4 is 21.6 Å². The van der Waals surface area contributed by atoms with Gasteiger partial charge in [-0.2, -0.15) is 0 Å². The Bertz CT molecular complexity index is 1210. The predicted octanol–water partition coefficient (Wildman–Crippen LogP) is 4.08. The minimum absolute atomic E-state index is 0.114.